The van der Waals surface area contributed by atoms with E-state index in [-0.39, 0.29) is 6.03 Å². The molecule has 0 bridgehead atoms. The molecule has 0 aliphatic carbocycles. The zero-order valence-corrected chi connectivity index (χ0v) is 17.4. The van der Waals surface area contributed by atoms with E-state index < -0.39 is 0 Å². The maximum absolute atomic E-state index is 12.1. The SMILES string of the molecule is O=C(NCCCc1cn(Cc2ccccc2)c2ccccc12)Nc1ccc(Cl)cc1. The Morgan fingerprint density at radius 1 is 0.900 bits per heavy atom. The van der Waals surface area contributed by atoms with Gasteiger partial charge in [0.15, 0.2) is 0 Å². The quantitative estimate of drug-likeness (QED) is 0.351. The van der Waals surface area contributed by atoms with Crippen LogP contribution in [-0.4, -0.2) is 17.1 Å². The van der Waals surface area contributed by atoms with Gasteiger partial charge in [-0.2, -0.15) is 0 Å². The van der Waals surface area contributed by atoms with E-state index in [1.54, 1.807) is 24.3 Å². The number of hydrogen-bond acceptors (Lipinski definition) is 1. The highest BCUT2D eigenvalue weighted by atomic mass is 35.5. The zero-order valence-electron chi connectivity index (χ0n) is 16.6. The summed E-state index contributed by atoms with van der Waals surface area (Å²) < 4.78 is 2.31. The van der Waals surface area contributed by atoms with Gasteiger partial charge >= 0.3 is 6.03 Å². The molecule has 4 rings (SSSR count). The molecule has 0 aliphatic heterocycles. The van der Waals surface area contributed by atoms with Crippen molar-refractivity contribution in [3.63, 3.8) is 0 Å². The fourth-order valence-corrected chi connectivity index (χ4v) is 3.75. The lowest BCUT2D eigenvalue weighted by Crippen LogP contribution is -2.29. The van der Waals surface area contributed by atoms with Gasteiger partial charge in [-0.15, -0.1) is 0 Å². The van der Waals surface area contributed by atoms with Gasteiger partial charge in [-0.25, -0.2) is 4.79 Å². The van der Waals surface area contributed by atoms with E-state index in [1.165, 1.54) is 22.0 Å². The molecule has 0 fully saturated rings. The lowest BCUT2D eigenvalue weighted by molar-refractivity contribution is 0.252. The fourth-order valence-electron chi connectivity index (χ4n) is 3.62. The maximum atomic E-state index is 12.1. The Morgan fingerprint density at radius 3 is 2.43 bits per heavy atom. The van der Waals surface area contributed by atoms with Gasteiger partial charge in [-0.1, -0.05) is 60.1 Å². The van der Waals surface area contributed by atoms with Crippen LogP contribution in [0.2, 0.25) is 5.02 Å². The monoisotopic (exact) mass is 417 g/mol. The second-order valence-electron chi connectivity index (χ2n) is 7.28. The molecular weight excluding hydrogens is 394 g/mol. The normalized spacial score (nSPS) is 10.8. The van der Waals surface area contributed by atoms with Crippen molar-refractivity contribution in [2.75, 3.05) is 11.9 Å². The van der Waals surface area contributed by atoms with Gasteiger partial charge in [-0.3, -0.25) is 0 Å². The molecule has 0 saturated carbocycles. The number of nitrogens with one attached hydrogen (secondary N) is 2. The standard InChI is InChI=1S/C25H24ClN3O/c26-21-12-14-22(15-13-21)28-25(30)27-16-6-9-20-18-29(17-19-7-2-1-3-8-19)24-11-5-4-10-23(20)24/h1-5,7-8,10-15,18H,6,9,16-17H2,(H2,27,28,30). The fraction of sp³-hybridized carbons (Fsp3) is 0.160. The molecule has 30 heavy (non-hydrogen) atoms. The van der Waals surface area contributed by atoms with Crippen LogP contribution >= 0.6 is 11.6 Å². The Kier molecular flexibility index (Phi) is 6.35. The molecule has 0 spiro atoms. The van der Waals surface area contributed by atoms with E-state index >= 15 is 0 Å². The Morgan fingerprint density at radius 2 is 1.63 bits per heavy atom. The third-order valence-corrected chi connectivity index (χ3v) is 5.33. The lowest BCUT2D eigenvalue weighted by atomic mass is 10.1. The number of carbonyl (C=O) groups excluding carboxylic acids is 1. The van der Waals surface area contributed by atoms with Gasteiger partial charge in [0.1, 0.15) is 0 Å². The number of rotatable bonds is 7. The van der Waals surface area contributed by atoms with Gasteiger partial charge in [0.25, 0.3) is 0 Å². The summed E-state index contributed by atoms with van der Waals surface area (Å²) in [6.07, 6.45) is 4.02. The van der Waals surface area contributed by atoms with E-state index in [2.05, 4.69) is 69.9 Å². The van der Waals surface area contributed by atoms with Crippen LogP contribution in [0.1, 0.15) is 17.5 Å². The summed E-state index contributed by atoms with van der Waals surface area (Å²) in [5.41, 5.74) is 4.55. The minimum atomic E-state index is -0.205. The molecule has 5 heteroatoms. The number of halogens is 1. The molecular formula is C25H24ClN3O. The lowest BCUT2D eigenvalue weighted by Gasteiger charge is -2.07. The molecule has 2 N–H and O–H groups in total. The number of nitrogens with zero attached hydrogens (tertiary/aromatic N) is 1. The summed E-state index contributed by atoms with van der Waals surface area (Å²) >= 11 is 5.87. The second-order valence-corrected chi connectivity index (χ2v) is 7.71. The van der Waals surface area contributed by atoms with Crippen LogP contribution < -0.4 is 10.6 Å². The van der Waals surface area contributed by atoms with Crippen LogP contribution in [0.25, 0.3) is 10.9 Å². The number of para-hydroxylation sites is 1. The van der Waals surface area contributed by atoms with E-state index in [9.17, 15) is 4.79 Å². The summed E-state index contributed by atoms with van der Waals surface area (Å²) in [5, 5.41) is 7.66. The number of aromatic nitrogens is 1. The first-order valence-electron chi connectivity index (χ1n) is 10.1. The third-order valence-electron chi connectivity index (χ3n) is 5.08. The summed E-state index contributed by atoms with van der Waals surface area (Å²) in [7, 11) is 0. The van der Waals surface area contributed by atoms with Crippen LogP contribution in [0.15, 0.2) is 85.1 Å². The van der Waals surface area contributed by atoms with Crippen molar-refractivity contribution in [3.8, 4) is 0 Å². The highest BCUT2D eigenvalue weighted by Gasteiger charge is 2.09. The maximum Gasteiger partial charge on any atom is 0.319 e. The molecule has 0 unspecified atom stereocenters. The van der Waals surface area contributed by atoms with Crippen molar-refractivity contribution in [2.24, 2.45) is 0 Å². The molecule has 4 aromatic rings. The Hall–Kier alpha value is -3.24. The minimum absolute atomic E-state index is 0.205. The summed E-state index contributed by atoms with van der Waals surface area (Å²) in [6.45, 7) is 1.46. The van der Waals surface area contributed by atoms with Crippen molar-refractivity contribution >= 4 is 34.2 Å². The molecule has 0 atom stereocenters. The Balaban J connectivity index is 1.35. The van der Waals surface area contributed by atoms with Crippen molar-refractivity contribution in [1.29, 1.82) is 0 Å². The number of fused-ring (bicyclic) bond motifs is 1. The molecule has 152 valence electrons. The first-order chi connectivity index (χ1) is 14.7. The van der Waals surface area contributed by atoms with E-state index in [0.717, 1.165) is 25.1 Å². The van der Waals surface area contributed by atoms with E-state index in [0.29, 0.717) is 11.6 Å². The Bertz CT molecular complexity index is 1120. The largest absolute Gasteiger partial charge is 0.343 e. The number of hydrogen-bond donors (Lipinski definition) is 2. The third kappa shape index (κ3) is 5.02. The van der Waals surface area contributed by atoms with Crippen LogP contribution in [0.3, 0.4) is 0 Å². The van der Waals surface area contributed by atoms with Crippen molar-refractivity contribution < 1.29 is 4.79 Å². The molecule has 0 saturated heterocycles. The van der Waals surface area contributed by atoms with Crippen LogP contribution in [-0.2, 0) is 13.0 Å². The number of amides is 2. The predicted octanol–water partition coefficient (Wildman–Crippen LogP) is 6.10. The van der Waals surface area contributed by atoms with Crippen molar-refractivity contribution in [1.82, 2.24) is 9.88 Å². The molecule has 1 aromatic heterocycles. The van der Waals surface area contributed by atoms with Gasteiger partial charge in [0.2, 0.25) is 0 Å². The molecule has 4 nitrogen and oxygen atoms in total. The number of carbonyl (C=O) groups is 1. The summed E-state index contributed by atoms with van der Waals surface area (Å²) in [6, 6.07) is 25.8. The Labute approximate surface area is 181 Å². The van der Waals surface area contributed by atoms with E-state index in [1.807, 2.05) is 6.07 Å². The van der Waals surface area contributed by atoms with E-state index in [4.69, 9.17) is 11.6 Å². The second kappa shape index (κ2) is 9.51. The van der Waals surface area contributed by atoms with Crippen LogP contribution in [0, 0.1) is 0 Å². The van der Waals surface area contributed by atoms with Crippen molar-refractivity contribution in [2.45, 2.75) is 19.4 Å². The highest BCUT2D eigenvalue weighted by Crippen LogP contribution is 2.23. The van der Waals surface area contributed by atoms with Gasteiger partial charge in [0, 0.05) is 40.9 Å². The molecule has 3 aromatic carbocycles. The smallest absolute Gasteiger partial charge is 0.319 e. The first kappa shape index (κ1) is 20.0. The molecule has 2 amide bonds. The number of benzene rings is 3. The highest BCUT2D eigenvalue weighted by molar-refractivity contribution is 6.30. The minimum Gasteiger partial charge on any atom is -0.343 e. The number of anilines is 1. The van der Waals surface area contributed by atoms with Gasteiger partial charge in [0.05, 0.1) is 0 Å². The molecule has 1 heterocycles. The predicted molar refractivity (Wildman–Crippen MR) is 124 cm³/mol. The van der Waals surface area contributed by atoms with Crippen LogP contribution in [0.4, 0.5) is 10.5 Å². The molecule has 0 aliphatic rings. The number of aryl methyl sites for hydroxylation is 1. The van der Waals surface area contributed by atoms with Gasteiger partial charge < -0.3 is 15.2 Å². The summed E-state index contributed by atoms with van der Waals surface area (Å²) in [4.78, 5) is 12.1. The zero-order chi connectivity index (χ0) is 20.8. The number of urea groups is 1. The van der Waals surface area contributed by atoms with Gasteiger partial charge in [-0.05, 0) is 54.3 Å². The average molecular weight is 418 g/mol. The average Bonchev–Trinajstić information content (AvgIpc) is 3.11. The van der Waals surface area contributed by atoms with Crippen molar-refractivity contribution in [3.05, 3.63) is 101 Å². The van der Waals surface area contributed by atoms with Crippen LogP contribution in [0.5, 0.6) is 0 Å². The summed E-state index contributed by atoms with van der Waals surface area (Å²) in [5.74, 6) is 0. The first-order valence-corrected chi connectivity index (χ1v) is 10.5. The topological polar surface area (TPSA) is 46.1 Å². The molecule has 0 radical (unpaired) electrons.